The van der Waals surface area contributed by atoms with Gasteiger partial charge in [0.2, 0.25) is 0 Å². The summed E-state index contributed by atoms with van der Waals surface area (Å²) in [6.07, 6.45) is 2.07. The molecule has 4 heteroatoms. The molecule has 1 aromatic heterocycles. The van der Waals surface area contributed by atoms with Crippen LogP contribution in [0.3, 0.4) is 0 Å². The maximum absolute atomic E-state index is 4.34. The van der Waals surface area contributed by atoms with Crippen LogP contribution in [-0.2, 0) is 0 Å². The van der Waals surface area contributed by atoms with Crippen molar-refractivity contribution in [2.75, 3.05) is 0 Å². The topological polar surface area (TPSA) is 17.8 Å². The Morgan fingerprint density at radius 3 is 3.20 bits per heavy atom. The third kappa shape index (κ3) is 0.919. The van der Waals surface area contributed by atoms with Crippen LogP contribution >= 0.6 is 22.6 Å². The van der Waals surface area contributed by atoms with Gasteiger partial charge in [-0.1, -0.05) is 0 Å². The molecule has 0 atom stereocenters. The predicted molar refractivity (Wildman–Crippen MR) is 43.7 cm³/mol. The first kappa shape index (κ1) is 7.08. The van der Waals surface area contributed by atoms with Crippen LogP contribution in [0.1, 0.15) is 5.69 Å². The molecule has 2 rings (SSSR count). The van der Waals surface area contributed by atoms with Crippen LogP contribution in [0.2, 0.25) is 0 Å². The molecular weight excluding hydrogens is 354 g/mol. The summed E-state index contributed by atoms with van der Waals surface area (Å²) in [7, 11) is 0. The normalized spacial score (nSPS) is 15.0. The summed E-state index contributed by atoms with van der Waals surface area (Å²) in [6.45, 7) is 2.06. The zero-order valence-corrected chi connectivity index (χ0v) is 9.62. The first-order chi connectivity index (χ1) is 4.79. The van der Waals surface area contributed by atoms with E-state index in [0.29, 0.717) is 0 Å². The van der Waals surface area contributed by atoms with Gasteiger partial charge in [0.1, 0.15) is 0 Å². The summed E-state index contributed by atoms with van der Waals surface area (Å²) in [5, 5.41) is 4.34. The number of fused-ring (bicyclic) bond motifs is 1. The van der Waals surface area contributed by atoms with Crippen molar-refractivity contribution >= 4 is 28.8 Å². The van der Waals surface area contributed by atoms with Crippen molar-refractivity contribution in [1.29, 1.82) is 0 Å². The Morgan fingerprint density at radius 2 is 2.50 bits per heavy atom. The predicted octanol–water partition coefficient (Wildman–Crippen LogP) is -1.50. The van der Waals surface area contributed by atoms with Crippen LogP contribution < -0.4 is 21.2 Å². The molecule has 0 saturated heterocycles. The second kappa shape index (κ2) is 2.47. The van der Waals surface area contributed by atoms with E-state index in [9.17, 15) is 0 Å². The van der Waals surface area contributed by atoms with Gasteiger partial charge in [-0.05, 0) is 0 Å². The van der Waals surface area contributed by atoms with Gasteiger partial charge in [0.15, 0.2) is 0 Å². The molecule has 54 valence electrons. The molecule has 0 spiro atoms. The van der Waals surface area contributed by atoms with Crippen molar-refractivity contribution in [3.63, 3.8) is 0 Å². The van der Waals surface area contributed by atoms with Gasteiger partial charge in [-0.3, -0.25) is 0 Å². The third-order valence-electron chi connectivity index (χ3n) is 1.32. The van der Waals surface area contributed by atoms with E-state index in [-0.39, 0.29) is 21.2 Å². The molecule has 0 unspecified atom stereocenters. The van der Waals surface area contributed by atoms with Crippen LogP contribution in [0.25, 0.3) is 6.20 Å². The van der Waals surface area contributed by atoms with Gasteiger partial charge < -0.3 is 0 Å². The van der Waals surface area contributed by atoms with E-state index in [2.05, 4.69) is 44.9 Å². The zero-order valence-electron chi connectivity index (χ0n) is 5.31. The Labute approximate surface area is 83.1 Å². The molecular formula is C6H5I2N2-. The van der Waals surface area contributed by atoms with Crippen molar-refractivity contribution in [1.82, 2.24) is 9.78 Å². The van der Waals surface area contributed by atoms with Crippen LogP contribution in [0.15, 0.2) is 4.08 Å². The van der Waals surface area contributed by atoms with Gasteiger partial charge in [0, 0.05) is 0 Å². The summed E-state index contributed by atoms with van der Waals surface area (Å²) in [5.74, 6) is 0. The van der Waals surface area contributed by atoms with Gasteiger partial charge >= 0.3 is 83.7 Å². The van der Waals surface area contributed by atoms with E-state index in [1.165, 1.54) is 13.0 Å². The molecule has 0 amide bonds. The third-order valence-corrected chi connectivity index (χ3v) is 5.95. The van der Waals surface area contributed by atoms with E-state index in [0.717, 1.165) is 0 Å². The Balaban J connectivity index is 2.67. The molecule has 0 radical (unpaired) electrons. The summed E-state index contributed by atoms with van der Waals surface area (Å²) in [5.41, 5.74) is 1.17. The van der Waals surface area contributed by atoms with Crippen LogP contribution in [0.5, 0.6) is 0 Å². The Kier molecular flexibility index (Phi) is 1.75. The SMILES string of the molecule is Cc1nn2c(c1I)[I-]C=C2. The van der Waals surface area contributed by atoms with Crippen molar-refractivity contribution in [3.8, 4) is 0 Å². The first-order valence-corrected chi connectivity index (χ1v) is 6.24. The Morgan fingerprint density at radius 1 is 1.70 bits per heavy atom. The van der Waals surface area contributed by atoms with Crippen molar-refractivity contribution in [3.05, 3.63) is 17.0 Å². The van der Waals surface area contributed by atoms with Gasteiger partial charge in [0.05, 0.1) is 0 Å². The molecule has 1 aromatic rings. The summed E-state index contributed by atoms with van der Waals surface area (Å²) < 4.78 is 7.04. The minimum absolute atomic E-state index is 0.134. The number of aryl methyl sites for hydroxylation is 1. The molecule has 1 aliphatic rings. The molecule has 0 N–H and O–H groups in total. The van der Waals surface area contributed by atoms with Crippen molar-refractivity contribution in [2.45, 2.75) is 6.92 Å². The zero-order chi connectivity index (χ0) is 7.14. The van der Waals surface area contributed by atoms with Crippen molar-refractivity contribution < 1.29 is 21.2 Å². The van der Waals surface area contributed by atoms with Gasteiger partial charge in [-0.2, -0.15) is 0 Å². The summed E-state index contributed by atoms with van der Waals surface area (Å²) >= 11 is 2.50. The molecule has 2 heterocycles. The van der Waals surface area contributed by atoms with Crippen LogP contribution in [0.4, 0.5) is 0 Å². The fourth-order valence-corrected chi connectivity index (χ4v) is 4.01. The average molecular weight is 359 g/mol. The Bertz CT molecular complexity index is 301. The van der Waals surface area contributed by atoms with E-state index in [4.69, 9.17) is 0 Å². The van der Waals surface area contributed by atoms with Crippen molar-refractivity contribution in [2.24, 2.45) is 0 Å². The van der Waals surface area contributed by atoms with E-state index in [1.54, 1.807) is 0 Å². The standard InChI is InChI=1S/C6H5I2N2/c1-4-5(7)6-8-2-3-10(6)9-4/h2-3H,1H3/q-1. The van der Waals surface area contributed by atoms with Crippen LogP contribution in [0, 0.1) is 14.2 Å². The first-order valence-electron chi connectivity index (χ1n) is 2.83. The molecule has 0 bridgehead atoms. The fourth-order valence-electron chi connectivity index (χ4n) is 0.837. The van der Waals surface area contributed by atoms with Crippen LogP contribution in [-0.4, -0.2) is 9.78 Å². The van der Waals surface area contributed by atoms with E-state index in [1.807, 2.05) is 4.68 Å². The van der Waals surface area contributed by atoms with E-state index >= 15 is 0 Å². The number of nitrogens with zero attached hydrogens (tertiary/aromatic N) is 2. The molecule has 0 aromatic carbocycles. The average Bonchev–Trinajstić information content (AvgIpc) is 2.41. The van der Waals surface area contributed by atoms with E-state index < -0.39 is 0 Å². The molecule has 10 heavy (non-hydrogen) atoms. The van der Waals surface area contributed by atoms with Gasteiger partial charge in [-0.25, -0.2) is 0 Å². The quantitative estimate of drug-likeness (QED) is 0.516. The Hall–Kier alpha value is 0.410. The van der Waals surface area contributed by atoms with Gasteiger partial charge in [-0.15, -0.1) is 0 Å². The number of hydrogen-bond acceptors (Lipinski definition) is 1. The molecule has 1 aliphatic heterocycles. The number of rotatable bonds is 0. The monoisotopic (exact) mass is 359 g/mol. The number of aromatic nitrogens is 2. The second-order valence-corrected chi connectivity index (χ2v) is 5.46. The number of halogens is 2. The maximum atomic E-state index is 4.34. The second-order valence-electron chi connectivity index (χ2n) is 2.02. The summed E-state index contributed by atoms with van der Waals surface area (Å²) in [6, 6.07) is 0. The fraction of sp³-hybridized carbons (Fsp3) is 0.167. The summed E-state index contributed by atoms with van der Waals surface area (Å²) in [4.78, 5) is 0. The molecule has 2 nitrogen and oxygen atoms in total. The minimum atomic E-state index is 0.134. The molecule has 0 saturated carbocycles. The van der Waals surface area contributed by atoms with Gasteiger partial charge in [0.25, 0.3) is 0 Å². The molecule has 0 fully saturated rings. The molecule has 0 aliphatic carbocycles. The number of hydrogen-bond donors (Lipinski definition) is 0.